The Morgan fingerprint density at radius 3 is 2.76 bits per heavy atom. The molecular weight excluding hydrogens is 311 g/mol. The molecule has 0 aliphatic rings. The van der Waals surface area contributed by atoms with Crippen molar-refractivity contribution in [3.63, 3.8) is 0 Å². The molecule has 1 heterocycles. The molecule has 3 N–H and O–H groups in total. The Balaban J connectivity index is 2.25. The fourth-order valence-electron chi connectivity index (χ4n) is 2.03. The van der Waals surface area contributed by atoms with Crippen LogP contribution in [0.3, 0.4) is 0 Å². The standard InChI is InChI=1S/C14H17FN2O2S2/c1-3-10-4-5-20-13(10)8-17-21(18,19)14-7-12(16)11(15)6-9(14)2/h4-7,17H,3,8,16H2,1-2H3. The second kappa shape index (κ2) is 6.13. The summed E-state index contributed by atoms with van der Waals surface area (Å²) in [5.74, 6) is -0.613. The number of halogens is 1. The minimum absolute atomic E-state index is 0.0102. The van der Waals surface area contributed by atoms with E-state index in [-0.39, 0.29) is 17.1 Å². The van der Waals surface area contributed by atoms with Crippen LogP contribution in [0.25, 0.3) is 0 Å². The minimum atomic E-state index is -3.72. The molecule has 0 fully saturated rings. The highest BCUT2D eigenvalue weighted by Gasteiger charge is 2.19. The molecule has 0 saturated heterocycles. The number of nitrogen functional groups attached to an aromatic ring is 1. The number of sulfonamides is 1. The molecule has 0 spiro atoms. The predicted octanol–water partition coefficient (Wildman–Crippen LogP) is 2.82. The lowest BCUT2D eigenvalue weighted by Crippen LogP contribution is -2.24. The van der Waals surface area contributed by atoms with Crippen LogP contribution in [-0.4, -0.2) is 8.42 Å². The quantitative estimate of drug-likeness (QED) is 0.829. The van der Waals surface area contributed by atoms with Crippen LogP contribution in [0.5, 0.6) is 0 Å². The number of nitrogens with one attached hydrogen (secondary N) is 1. The van der Waals surface area contributed by atoms with E-state index in [1.54, 1.807) is 6.92 Å². The number of aryl methyl sites for hydroxylation is 2. The maximum atomic E-state index is 13.3. The maximum absolute atomic E-state index is 13.3. The number of anilines is 1. The highest BCUT2D eigenvalue weighted by Crippen LogP contribution is 2.23. The molecule has 2 rings (SSSR count). The predicted molar refractivity (Wildman–Crippen MR) is 83.3 cm³/mol. The second-order valence-electron chi connectivity index (χ2n) is 4.69. The molecule has 0 amide bonds. The van der Waals surface area contributed by atoms with E-state index in [2.05, 4.69) is 4.72 Å². The van der Waals surface area contributed by atoms with Crippen molar-refractivity contribution in [2.75, 3.05) is 5.73 Å². The van der Waals surface area contributed by atoms with Gasteiger partial charge in [0.1, 0.15) is 5.82 Å². The van der Waals surface area contributed by atoms with Gasteiger partial charge in [0, 0.05) is 11.4 Å². The molecule has 0 saturated carbocycles. The molecule has 7 heteroatoms. The highest BCUT2D eigenvalue weighted by molar-refractivity contribution is 7.89. The van der Waals surface area contributed by atoms with E-state index in [4.69, 9.17) is 5.73 Å². The molecule has 0 atom stereocenters. The van der Waals surface area contributed by atoms with Crippen molar-refractivity contribution < 1.29 is 12.8 Å². The Morgan fingerprint density at radius 2 is 2.10 bits per heavy atom. The summed E-state index contributed by atoms with van der Waals surface area (Å²) < 4.78 is 40.5. The molecular formula is C14H17FN2O2S2. The first-order valence-corrected chi connectivity index (χ1v) is 8.82. The van der Waals surface area contributed by atoms with Crippen molar-refractivity contribution in [2.24, 2.45) is 0 Å². The molecule has 2 aromatic rings. The van der Waals surface area contributed by atoms with Gasteiger partial charge in [0.25, 0.3) is 0 Å². The van der Waals surface area contributed by atoms with E-state index in [0.29, 0.717) is 5.56 Å². The number of thiophene rings is 1. The zero-order chi connectivity index (χ0) is 15.6. The van der Waals surface area contributed by atoms with E-state index in [1.165, 1.54) is 11.3 Å². The topological polar surface area (TPSA) is 72.2 Å². The molecule has 0 radical (unpaired) electrons. The van der Waals surface area contributed by atoms with E-state index < -0.39 is 15.8 Å². The van der Waals surface area contributed by atoms with Crippen LogP contribution in [0.1, 0.15) is 22.9 Å². The third-order valence-corrected chi connectivity index (χ3v) is 5.73. The van der Waals surface area contributed by atoms with Gasteiger partial charge in [-0.15, -0.1) is 11.3 Å². The summed E-state index contributed by atoms with van der Waals surface area (Å²) in [7, 11) is -3.72. The lowest BCUT2D eigenvalue weighted by atomic mass is 10.2. The van der Waals surface area contributed by atoms with E-state index in [0.717, 1.165) is 29.0 Å². The smallest absolute Gasteiger partial charge is 0.241 e. The summed E-state index contributed by atoms with van der Waals surface area (Å²) in [6.45, 7) is 3.78. The van der Waals surface area contributed by atoms with Crippen molar-refractivity contribution in [2.45, 2.75) is 31.7 Å². The van der Waals surface area contributed by atoms with Crippen LogP contribution >= 0.6 is 11.3 Å². The van der Waals surface area contributed by atoms with Crippen molar-refractivity contribution in [3.05, 3.63) is 45.4 Å². The first-order valence-electron chi connectivity index (χ1n) is 6.45. The third-order valence-electron chi connectivity index (χ3n) is 3.23. The fourth-order valence-corrected chi connectivity index (χ4v) is 4.30. The Morgan fingerprint density at radius 1 is 1.38 bits per heavy atom. The average molecular weight is 328 g/mol. The van der Waals surface area contributed by atoms with Gasteiger partial charge in [-0.3, -0.25) is 0 Å². The maximum Gasteiger partial charge on any atom is 0.241 e. The van der Waals surface area contributed by atoms with E-state index in [9.17, 15) is 12.8 Å². The van der Waals surface area contributed by atoms with Crippen molar-refractivity contribution in [1.82, 2.24) is 4.72 Å². The van der Waals surface area contributed by atoms with Crippen LogP contribution in [0.2, 0.25) is 0 Å². The number of hydrogen-bond donors (Lipinski definition) is 2. The summed E-state index contributed by atoms with van der Waals surface area (Å²) in [5.41, 5.74) is 6.74. The van der Waals surface area contributed by atoms with Gasteiger partial charge in [-0.2, -0.15) is 0 Å². The lowest BCUT2D eigenvalue weighted by molar-refractivity contribution is 0.580. The Labute approximate surface area is 127 Å². The van der Waals surface area contributed by atoms with Crippen molar-refractivity contribution in [3.8, 4) is 0 Å². The highest BCUT2D eigenvalue weighted by atomic mass is 32.2. The van der Waals surface area contributed by atoms with Gasteiger partial charge >= 0.3 is 0 Å². The van der Waals surface area contributed by atoms with Crippen LogP contribution in [0.15, 0.2) is 28.5 Å². The Hall–Kier alpha value is -1.44. The summed E-state index contributed by atoms with van der Waals surface area (Å²) in [5, 5.41) is 1.93. The van der Waals surface area contributed by atoms with Crippen molar-refractivity contribution >= 4 is 27.0 Å². The van der Waals surface area contributed by atoms with E-state index in [1.807, 2.05) is 18.4 Å². The van der Waals surface area contributed by atoms with Gasteiger partial charge in [0.15, 0.2) is 0 Å². The summed E-state index contributed by atoms with van der Waals surface area (Å²) in [6.07, 6.45) is 0.850. The van der Waals surface area contributed by atoms with Crippen LogP contribution in [0, 0.1) is 12.7 Å². The molecule has 4 nitrogen and oxygen atoms in total. The third kappa shape index (κ3) is 3.42. The molecule has 0 aliphatic carbocycles. The summed E-state index contributed by atoms with van der Waals surface area (Å²) >= 11 is 1.51. The number of hydrogen-bond acceptors (Lipinski definition) is 4. The van der Waals surface area contributed by atoms with Gasteiger partial charge in [-0.25, -0.2) is 17.5 Å². The second-order valence-corrected chi connectivity index (χ2v) is 7.42. The summed E-state index contributed by atoms with van der Waals surface area (Å²) in [6, 6.07) is 4.27. The first-order chi connectivity index (χ1) is 9.85. The Kier molecular flexibility index (Phi) is 4.65. The Bertz CT molecular complexity index is 754. The van der Waals surface area contributed by atoms with Crippen LogP contribution < -0.4 is 10.5 Å². The largest absolute Gasteiger partial charge is 0.396 e. The molecule has 0 aliphatic heterocycles. The van der Waals surface area contributed by atoms with E-state index >= 15 is 0 Å². The number of benzene rings is 1. The lowest BCUT2D eigenvalue weighted by Gasteiger charge is -2.10. The molecule has 0 unspecified atom stereocenters. The number of rotatable bonds is 5. The van der Waals surface area contributed by atoms with Crippen LogP contribution in [-0.2, 0) is 23.0 Å². The normalized spacial score (nSPS) is 11.8. The molecule has 0 bridgehead atoms. The monoisotopic (exact) mass is 328 g/mol. The van der Waals surface area contributed by atoms with Gasteiger partial charge < -0.3 is 5.73 Å². The van der Waals surface area contributed by atoms with Crippen molar-refractivity contribution in [1.29, 1.82) is 0 Å². The zero-order valence-corrected chi connectivity index (χ0v) is 13.4. The molecule has 1 aromatic carbocycles. The molecule has 21 heavy (non-hydrogen) atoms. The van der Waals surface area contributed by atoms with Gasteiger partial charge in [0.2, 0.25) is 10.0 Å². The molecule has 114 valence electrons. The van der Waals surface area contributed by atoms with Crippen LogP contribution in [0.4, 0.5) is 10.1 Å². The van der Waals surface area contributed by atoms with Gasteiger partial charge in [-0.05, 0) is 48.1 Å². The zero-order valence-electron chi connectivity index (χ0n) is 11.8. The summed E-state index contributed by atoms with van der Waals surface area (Å²) in [4.78, 5) is 0.991. The number of nitrogens with two attached hydrogens (primary N) is 1. The SMILES string of the molecule is CCc1ccsc1CNS(=O)(=O)c1cc(N)c(F)cc1C. The molecule has 1 aromatic heterocycles. The first kappa shape index (κ1) is 15.9. The minimum Gasteiger partial charge on any atom is -0.396 e. The van der Waals surface area contributed by atoms with Gasteiger partial charge in [-0.1, -0.05) is 6.92 Å². The fraction of sp³-hybridized carbons (Fsp3) is 0.286. The average Bonchev–Trinajstić information content (AvgIpc) is 2.88. The van der Waals surface area contributed by atoms with Gasteiger partial charge in [0.05, 0.1) is 10.6 Å².